The van der Waals surface area contributed by atoms with Crippen LogP contribution in [0, 0.1) is 13.8 Å². The molecule has 4 aromatic rings. The van der Waals surface area contributed by atoms with Crippen LogP contribution in [0.1, 0.15) is 23.8 Å². The molecule has 0 saturated heterocycles. The summed E-state index contributed by atoms with van der Waals surface area (Å²) in [5.74, 6) is 2.35. The molecule has 2 aromatic heterocycles. The van der Waals surface area contributed by atoms with Crippen LogP contribution in [0.15, 0.2) is 68.6 Å². The van der Waals surface area contributed by atoms with E-state index in [0.29, 0.717) is 23.0 Å². The van der Waals surface area contributed by atoms with Crippen LogP contribution in [-0.4, -0.2) is 31.7 Å². The standard InChI is InChI=1S/C26H27N3O4S/c1-16-9-10-17(2)20(12-16)27-26-29(28-18(3)22-8-7-11-33-22)21(15-34-26)19-13-23(30-4)25(32-6)24(14-19)31-5/h7-15H,1-6H3. The lowest BCUT2D eigenvalue weighted by atomic mass is 10.1. The van der Waals surface area contributed by atoms with Crippen LogP contribution in [0.3, 0.4) is 0 Å². The molecule has 7 nitrogen and oxygen atoms in total. The average Bonchev–Trinajstić information content (AvgIpc) is 3.51. The summed E-state index contributed by atoms with van der Waals surface area (Å²) < 4.78 is 24.0. The van der Waals surface area contributed by atoms with Gasteiger partial charge in [-0.2, -0.15) is 5.10 Å². The number of methoxy groups -OCH3 is 3. The number of ether oxygens (including phenoxy) is 3. The molecule has 0 bridgehead atoms. The molecule has 0 unspecified atom stereocenters. The van der Waals surface area contributed by atoms with Crippen molar-refractivity contribution < 1.29 is 18.6 Å². The van der Waals surface area contributed by atoms with Gasteiger partial charge >= 0.3 is 0 Å². The van der Waals surface area contributed by atoms with E-state index in [9.17, 15) is 0 Å². The van der Waals surface area contributed by atoms with Gasteiger partial charge in [0.15, 0.2) is 11.5 Å². The van der Waals surface area contributed by atoms with Crippen molar-refractivity contribution >= 4 is 22.7 Å². The second-order valence-corrected chi connectivity index (χ2v) is 8.53. The number of rotatable bonds is 7. The fourth-order valence-corrected chi connectivity index (χ4v) is 4.37. The van der Waals surface area contributed by atoms with E-state index < -0.39 is 0 Å². The predicted octanol–water partition coefficient (Wildman–Crippen LogP) is 5.96. The zero-order valence-corrected chi connectivity index (χ0v) is 20.9. The number of aryl methyl sites for hydroxylation is 2. The van der Waals surface area contributed by atoms with E-state index >= 15 is 0 Å². The molecule has 34 heavy (non-hydrogen) atoms. The van der Waals surface area contributed by atoms with Crippen molar-refractivity contribution in [3.05, 3.63) is 75.8 Å². The summed E-state index contributed by atoms with van der Waals surface area (Å²) in [6.45, 7) is 6.01. The largest absolute Gasteiger partial charge is 0.493 e. The van der Waals surface area contributed by atoms with Crippen LogP contribution in [0.4, 0.5) is 5.69 Å². The molecule has 0 amide bonds. The number of benzene rings is 2. The summed E-state index contributed by atoms with van der Waals surface area (Å²) in [5.41, 5.74) is 5.54. The minimum Gasteiger partial charge on any atom is -0.493 e. The first-order chi connectivity index (χ1) is 16.4. The Balaban J connectivity index is 1.97. The van der Waals surface area contributed by atoms with Crippen molar-refractivity contribution in [2.45, 2.75) is 20.8 Å². The molecule has 0 saturated carbocycles. The van der Waals surface area contributed by atoms with Gasteiger partial charge in [-0.15, -0.1) is 11.3 Å². The van der Waals surface area contributed by atoms with Crippen LogP contribution in [0.2, 0.25) is 0 Å². The molecule has 2 heterocycles. The summed E-state index contributed by atoms with van der Waals surface area (Å²) >= 11 is 1.50. The molecule has 0 aliphatic heterocycles. The van der Waals surface area contributed by atoms with E-state index in [1.807, 2.05) is 48.2 Å². The molecular formula is C26H27N3O4S. The van der Waals surface area contributed by atoms with Crippen LogP contribution in [0.25, 0.3) is 11.3 Å². The normalized spacial score (nSPS) is 12.2. The summed E-state index contributed by atoms with van der Waals surface area (Å²) in [6.07, 6.45) is 1.63. The first kappa shape index (κ1) is 23.4. The van der Waals surface area contributed by atoms with Gasteiger partial charge in [-0.05, 0) is 62.2 Å². The fourth-order valence-electron chi connectivity index (χ4n) is 3.53. The number of thiazole rings is 1. The molecule has 0 spiro atoms. The van der Waals surface area contributed by atoms with Crippen molar-refractivity contribution in [1.29, 1.82) is 0 Å². The highest BCUT2D eigenvalue weighted by molar-refractivity contribution is 7.07. The zero-order chi connectivity index (χ0) is 24.2. The monoisotopic (exact) mass is 477 g/mol. The Morgan fingerprint density at radius 2 is 1.71 bits per heavy atom. The highest BCUT2D eigenvalue weighted by Gasteiger charge is 2.17. The van der Waals surface area contributed by atoms with E-state index in [1.54, 1.807) is 27.6 Å². The van der Waals surface area contributed by atoms with Gasteiger partial charge in [0.1, 0.15) is 11.5 Å². The van der Waals surface area contributed by atoms with Crippen molar-refractivity contribution in [3.63, 3.8) is 0 Å². The SMILES string of the molecule is COc1cc(-c2csc(=Nc3cc(C)ccc3C)n2N=C(C)c2ccco2)cc(OC)c1OC. The van der Waals surface area contributed by atoms with Crippen molar-refractivity contribution in [2.75, 3.05) is 21.3 Å². The Labute approximate surface area is 202 Å². The summed E-state index contributed by atoms with van der Waals surface area (Å²) in [5, 5.41) is 6.90. The Morgan fingerprint density at radius 3 is 2.32 bits per heavy atom. The fraction of sp³-hybridized carbons (Fsp3) is 0.231. The number of hydrogen-bond donors (Lipinski definition) is 0. The van der Waals surface area contributed by atoms with Gasteiger partial charge in [0, 0.05) is 10.9 Å². The Morgan fingerprint density at radius 1 is 0.971 bits per heavy atom. The van der Waals surface area contributed by atoms with Crippen molar-refractivity contribution in [1.82, 2.24) is 4.68 Å². The van der Waals surface area contributed by atoms with E-state index in [1.165, 1.54) is 11.3 Å². The molecule has 4 rings (SSSR count). The van der Waals surface area contributed by atoms with Gasteiger partial charge in [0.05, 0.1) is 39.0 Å². The minimum atomic E-state index is 0.533. The maximum absolute atomic E-state index is 5.57. The van der Waals surface area contributed by atoms with Crippen LogP contribution < -0.4 is 19.0 Å². The summed E-state index contributed by atoms with van der Waals surface area (Å²) in [7, 11) is 4.79. The molecule has 2 aromatic carbocycles. The first-order valence-electron chi connectivity index (χ1n) is 10.7. The number of hydrogen-bond acceptors (Lipinski definition) is 7. The van der Waals surface area contributed by atoms with Crippen LogP contribution >= 0.6 is 11.3 Å². The van der Waals surface area contributed by atoms with E-state index in [0.717, 1.165) is 38.6 Å². The predicted molar refractivity (Wildman–Crippen MR) is 135 cm³/mol. The maximum Gasteiger partial charge on any atom is 0.211 e. The maximum atomic E-state index is 5.57. The lowest BCUT2D eigenvalue weighted by Crippen LogP contribution is -2.14. The number of aromatic nitrogens is 1. The van der Waals surface area contributed by atoms with Gasteiger partial charge in [-0.1, -0.05) is 12.1 Å². The topological polar surface area (TPSA) is 70.5 Å². The van der Waals surface area contributed by atoms with Gasteiger partial charge in [0.25, 0.3) is 0 Å². The third kappa shape index (κ3) is 4.63. The van der Waals surface area contributed by atoms with E-state index in [4.69, 9.17) is 28.7 Å². The zero-order valence-electron chi connectivity index (χ0n) is 20.1. The molecule has 0 fully saturated rings. The van der Waals surface area contributed by atoms with Gasteiger partial charge in [-0.25, -0.2) is 9.67 Å². The molecule has 0 radical (unpaired) electrons. The third-order valence-electron chi connectivity index (χ3n) is 5.35. The smallest absolute Gasteiger partial charge is 0.211 e. The Hall–Kier alpha value is -3.78. The molecule has 176 valence electrons. The molecule has 0 aliphatic carbocycles. The second-order valence-electron chi connectivity index (χ2n) is 7.69. The molecule has 0 atom stereocenters. The van der Waals surface area contributed by atoms with E-state index in [-0.39, 0.29) is 0 Å². The highest BCUT2D eigenvalue weighted by Crippen LogP contribution is 2.41. The summed E-state index contributed by atoms with van der Waals surface area (Å²) in [6, 6.07) is 13.8. The highest BCUT2D eigenvalue weighted by atomic mass is 32.1. The lowest BCUT2D eigenvalue weighted by Gasteiger charge is -2.14. The number of furan rings is 1. The molecule has 0 aliphatic rings. The lowest BCUT2D eigenvalue weighted by molar-refractivity contribution is 0.324. The molecular weight excluding hydrogens is 450 g/mol. The molecule has 0 N–H and O–H groups in total. The van der Waals surface area contributed by atoms with Crippen LogP contribution in [-0.2, 0) is 0 Å². The Kier molecular flexibility index (Phi) is 6.88. The third-order valence-corrected chi connectivity index (χ3v) is 6.17. The first-order valence-corrected chi connectivity index (χ1v) is 11.6. The Bertz CT molecular complexity index is 1370. The minimum absolute atomic E-state index is 0.533. The van der Waals surface area contributed by atoms with Gasteiger partial charge < -0.3 is 18.6 Å². The van der Waals surface area contributed by atoms with Crippen molar-refractivity contribution in [2.24, 2.45) is 10.1 Å². The molecule has 8 heteroatoms. The second kappa shape index (κ2) is 10.0. The quantitative estimate of drug-likeness (QED) is 0.308. The number of nitrogens with zero attached hydrogens (tertiary/aromatic N) is 3. The van der Waals surface area contributed by atoms with Gasteiger partial charge in [0.2, 0.25) is 10.6 Å². The average molecular weight is 478 g/mol. The van der Waals surface area contributed by atoms with E-state index in [2.05, 4.69) is 25.1 Å². The van der Waals surface area contributed by atoms with Gasteiger partial charge in [-0.3, -0.25) is 0 Å². The van der Waals surface area contributed by atoms with Crippen molar-refractivity contribution in [3.8, 4) is 28.5 Å². The summed E-state index contributed by atoms with van der Waals surface area (Å²) in [4.78, 5) is 5.68. The van der Waals surface area contributed by atoms with Crippen LogP contribution in [0.5, 0.6) is 17.2 Å².